The first-order chi connectivity index (χ1) is 9.11. The van der Waals surface area contributed by atoms with Crippen LogP contribution in [0.25, 0.3) is 0 Å². The number of aliphatic hydroxyl groups is 1. The molecule has 1 N–H and O–H groups in total. The summed E-state index contributed by atoms with van der Waals surface area (Å²) in [5, 5.41) is 9.77. The second kappa shape index (κ2) is 6.50. The lowest BCUT2D eigenvalue weighted by atomic mass is 10.0. The number of carbonyl (C=O) groups excluding carboxylic acids is 1. The van der Waals surface area contributed by atoms with E-state index in [2.05, 4.69) is 15.9 Å². The minimum Gasteiger partial charge on any atom is -0.468 e. The zero-order valence-corrected chi connectivity index (χ0v) is 12.5. The van der Waals surface area contributed by atoms with Crippen LogP contribution in [-0.2, 0) is 9.53 Å². The number of methoxy groups -OCH3 is 1. The van der Waals surface area contributed by atoms with Crippen LogP contribution in [0.3, 0.4) is 0 Å². The highest BCUT2D eigenvalue weighted by molar-refractivity contribution is 9.10. The number of hydrogen-bond acceptors (Lipinski definition) is 4. The van der Waals surface area contributed by atoms with Crippen LogP contribution in [0, 0.1) is 0 Å². The molecule has 0 bridgehead atoms. The molecule has 19 heavy (non-hydrogen) atoms. The summed E-state index contributed by atoms with van der Waals surface area (Å²) in [6, 6.07) is 7.20. The Balaban J connectivity index is 2.25. The maximum Gasteiger partial charge on any atom is 0.327 e. The Morgan fingerprint density at radius 2 is 2.16 bits per heavy atom. The third-order valence-corrected chi connectivity index (χ3v) is 3.93. The predicted molar refractivity (Wildman–Crippen MR) is 75.7 cm³/mol. The molecule has 2 rings (SSSR count). The molecular formula is C14H18BrNO3. The topological polar surface area (TPSA) is 49.8 Å². The number of benzene rings is 1. The van der Waals surface area contributed by atoms with Crippen LogP contribution in [0.2, 0.25) is 0 Å². The smallest absolute Gasteiger partial charge is 0.327 e. The highest BCUT2D eigenvalue weighted by Crippen LogP contribution is 2.27. The molecule has 1 aliphatic heterocycles. The number of likely N-dealkylation sites (tertiary alicyclic amines) is 1. The fourth-order valence-electron chi connectivity index (χ4n) is 2.47. The van der Waals surface area contributed by atoms with Crippen LogP contribution in [-0.4, -0.2) is 42.3 Å². The van der Waals surface area contributed by atoms with Gasteiger partial charge in [-0.2, -0.15) is 0 Å². The summed E-state index contributed by atoms with van der Waals surface area (Å²) < 4.78 is 5.88. The molecular weight excluding hydrogens is 310 g/mol. The third kappa shape index (κ3) is 3.55. The summed E-state index contributed by atoms with van der Waals surface area (Å²) in [6.07, 6.45) is 1.33. The van der Waals surface area contributed by atoms with Crippen LogP contribution < -0.4 is 0 Å². The molecule has 1 heterocycles. The second-order valence-electron chi connectivity index (χ2n) is 4.77. The Morgan fingerprint density at radius 1 is 1.47 bits per heavy atom. The summed E-state index contributed by atoms with van der Waals surface area (Å²) in [5.41, 5.74) is 0.893. The van der Waals surface area contributed by atoms with Crippen molar-refractivity contribution in [3.05, 3.63) is 34.3 Å². The average Bonchev–Trinajstić information content (AvgIpc) is 2.41. The van der Waals surface area contributed by atoms with Crippen molar-refractivity contribution in [1.29, 1.82) is 0 Å². The number of rotatable bonds is 3. The highest BCUT2D eigenvalue weighted by Gasteiger charge is 2.31. The summed E-state index contributed by atoms with van der Waals surface area (Å²) in [6.45, 7) is 1.31. The SMILES string of the molecule is COC(=O)[C@@H](c1ccc(Br)cc1)N1CCC[C@@H](O)C1. The number of esters is 1. The van der Waals surface area contributed by atoms with E-state index in [1.165, 1.54) is 7.11 Å². The van der Waals surface area contributed by atoms with Crippen molar-refractivity contribution in [3.63, 3.8) is 0 Å². The van der Waals surface area contributed by atoms with E-state index in [4.69, 9.17) is 4.74 Å². The highest BCUT2D eigenvalue weighted by atomic mass is 79.9. The molecule has 1 fully saturated rings. The van der Waals surface area contributed by atoms with Gasteiger partial charge < -0.3 is 9.84 Å². The van der Waals surface area contributed by atoms with Gasteiger partial charge in [0.15, 0.2) is 0 Å². The Morgan fingerprint density at radius 3 is 2.74 bits per heavy atom. The maximum atomic E-state index is 12.0. The zero-order chi connectivity index (χ0) is 13.8. The van der Waals surface area contributed by atoms with Gasteiger partial charge in [-0.3, -0.25) is 4.90 Å². The molecule has 4 nitrogen and oxygen atoms in total. The van der Waals surface area contributed by atoms with Crippen molar-refractivity contribution in [2.24, 2.45) is 0 Å². The lowest BCUT2D eigenvalue weighted by Gasteiger charge is -2.35. The van der Waals surface area contributed by atoms with Gasteiger partial charge >= 0.3 is 5.97 Å². The quantitative estimate of drug-likeness (QED) is 0.864. The molecule has 0 saturated carbocycles. The van der Waals surface area contributed by atoms with Gasteiger partial charge in [0, 0.05) is 11.0 Å². The minimum atomic E-state index is -0.437. The summed E-state index contributed by atoms with van der Waals surface area (Å²) >= 11 is 3.38. The van der Waals surface area contributed by atoms with Crippen LogP contribution >= 0.6 is 15.9 Å². The molecule has 0 unspecified atom stereocenters. The number of ether oxygens (including phenoxy) is 1. The van der Waals surface area contributed by atoms with Crippen LogP contribution in [0.15, 0.2) is 28.7 Å². The molecule has 2 atom stereocenters. The Kier molecular flexibility index (Phi) is 4.96. The molecule has 0 aromatic heterocycles. The van der Waals surface area contributed by atoms with Crippen LogP contribution in [0.5, 0.6) is 0 Å². The van der Waals surface area contributed by atoms with Gasteiger partial charge in [-0.05, 0) is 37.1 Å². The fraction of sp³-hybridized carbons (Fsp3) is 0.500. The van der Waals surface area contributed by atoms with Crippen molar-refractivity contribution in [1.82, 2.24) is 4.90 Å². The van der Waals surface area contributed by atoms with E-state index >= 15 is 0 Å². The summed E-state index contributed by atoms with van der Waals surface area (Å²) in [5.74, 6) is -0.281. The van der Waals surface area contributed by atoms with Gasteiger partial charge in [-0.25, -0.2) is 4.79 Å². The normalized spacial score (nSPS) is 21.9. The zero-order valence-electron chi connectivity index (χ0n) is 10.9. The molecule has 1 aromatic carbocycles. The first kappa shape index (κ1) is 14.5. The first-order valence-corrected chi connectivity index (χ1v) is 7.16. The molecule has 104 valence electrons. The number of piperidine rings is 1. The van der Waals surface area contributed by atoms with E-state index in [0.717, 1.165) is 29.4 Å². The number of halogens is 1. The Labute approximate surface area is 121 Å². The van der Waals surface area contributed by atoms with Gasteiger partial charge in [0.1, 0.15) is 6.04 Å². The largest absolute Gasteiger partial charge is 0.468 e. The number of nitrogens with zero attached hydrogens (tertiary/aromatic N) is 1. The molecule has 0 aliphatic carbocycles. The number of aliphatic hydroxyl groups excluding tert-OH is 1. The van der Waals surface area contributed by atoms with E-state index in [1.54, 1.807) is 0 Å². The van der Waals surface area contributed by atoms with E-state index < -0.39 is 6.04 Å². The van der Waals surface area contributed by atoms with Crippen molar-refractivity contribution < 1.29 is 14.6 Å². The molecule has 5 heteroatoms. The molecule has 1 aliphatic rings. The molecule has 0 radical (unpaired) electrons. The van der Waals surface area contributed by atoms with Crippen molar-refractivity contribution in [2.45, 2.75) is 25.0 Å². The van der Waals surface area contributed by atoms with Gasteiger partial charge in [0.2, 0.25) is 0 Å². The molecule has 1 aromatic rings. The lowest BCUT2D eigenvalue weighted by molar-refractivity contribution is -0.148. The number of β-amino-alcohol motifs (C(OH)–C–C–N with tert-alkyl or cyclic N) is 1. The minimum absolute atomic E-state index is 0.281. The molecule has 1 saturated heterocycles. The summed E-state index contributed by atoms with van der Waals surface area (Å²) in [4.78, 5) is 14.0. The van der Waals surface area contributed by atoms with E-state index in [-0.39, 0.29) is 12.1 Å². The van der Waals surface area contributed by atoms with E-state index in [1.807, 2.05) is 29.2 Å². The van der Waals surface area contributed by atoms with Gasteiger partial charge in [0.05, 0.1) is 13.2 Å². The van der Waals surface area contributed by atoms with Crippen LogP contribution in [0.1, 0.15) is 24.4 Å². The Bertz CT molecular complexity index is 435. The lowest BCUT2D eigenvalue weighted by Crippen LogP contribution is -2.43. The standard InChI is InChI=1S/C14H18BrNO3/c1-19-14(18)13(10-4-6-11(15)7-5-10)16-8-2-3-12(17)9-16/h4-7,12-13,17H,2-3,8-9H2,1H3/t12-,13-/m1/s1. The van der Waals surface area contributed by atoms with E-state index in [0.29, 0.717) is 6.54 Å². The first-order valence-electron chi connectivity index (χ1n) is 6.37. The summed E-state index contributed by atoms with van der Waals surface area (Å²) in [7, 11) is 1.40. The maximum absolute atomic E-state index is 12.0. The predicted octanol–water partition coefficient (Wildman–Crippen LogP) is 2.12. The Hall–Kier alpha value is -0.910. The monoisotopic (exact) mass is 327 g/mol. The number of hydrogen-bond donors (Lipinski definition) is 1. The van der Waals surface area contributed by atoms with Crippen molar-refractivity contribution >= 4 is 21.9 Å². The van der Waals surface area contributed by atoms with Gasteiger partial charge in [-0.15, -0.1) is 0 Å². The second-order valence-corrected chi connectivity index (χ2v) is 5.68. The number of carbonyl (C=O) groups is 1. The van der Waals surface area contributed by atoms with Crippen molar-refractivity contribution in [2.75, 3.05) is 20.2 Å². The molecule has 0 amide bonds. The van der Waals surface area contributed by atoms with Crippen LogP contribution in [0.4, 0.5) is 0 Å². The van der Waals surface area contributed by atoms with Gasteiger partial charge in [0.25, 0.3) is 0 Å². The average molecular weight is 328 g/mol. The van der Waals surface area contributed by atoms with E-state index in [9.17, 15) is 9.90 Å². The fourth-order valence-corrected chi connectivity index (χ4v) is 2.73. The third-order valence-electron chi connectivity index (χ3n) is 3.40. The van der Waals surface area contributed by atoms with Crippen molar-refractivity contribution in [3.8, 4) is 0 Å². The van der Waals surface area contributed by atoms with Gasteiger partial charge in [-0.1, -0.05) is 28.1 Å². The molecule has 0 spiro atoms.